The van der Waals surface area contributed by atoms with Crippen molar-refractivity contribution in [2.45, 2.75) is 53.1 Å². The zero-order valence-electron chi connectivity index (χ0n) is 12.2. The van der Waals surface area contributed by atoms with Gasteiger partial charge in [0.25, 0.3) is 0 Å². The van der Waals surface area contributed by atoms with Gasteiger partial charge in [-0.2, -0.15) is 4.37 Å². The van der Waals surface area contributed by atoms with E-state index in [9.17, 15) is 9.59 Å². The van der Waals surface area contributed by atoms with Crippen LogP contribution in [0.4, 0.5) is 5.00 Å². The summed E-state index contributed by atoms with van der Waals surface area (Å²) in [5.41, 5.74) is 0.990. The van der Waals surface area contributed by atoms with Gasteiger partial charge in [0.1, 0.15) is 11.0 Å². The van der Waals surface area contributed by atoms with Crippen LogP contribution >= 0.6 is 11.5 Å². The highest BCUT2D eigenvalue weighted by molar-refractivity contribution is 7.10. The van der Waals surface area contributed by atoms with E-state index in [1.54, 1.807) is 13.8 Å². The quantitative estimate of drug-likeness (QED) is 0.832. The summed E-state index contributed by atoms with van der Waals surface area (Å²) in [5, 5.41) is 6.60. The van der Waals surface area contributed by atoms with Crippen molar-refractivity contribution in [3.05, 3.63) is 11.3 Å². The van der Waals surface area contributed by atoms with Crippen LogP contribution < -0.4 is 10.6 Å². The molecule has 0 radical (unpaired) electrons. The van der Waals surface area contributed by atoms with Crippen LogP contribution in [0.1, 0.15) is 50.7 Å². The van der Waals surface area contributed by atoms with Gasteiger partial charge in [-0.15, -0.1) is 0 Å². The largest absolute Gasteiger partial charge is 0.364 e. The Labute approximate surface area is 118 Å². The molecule has 6 heteroatoms. The monoisotopic (exact) mass is 283 g/mol. The number of amides is 1. The molecule has 1 aromatic heterocycles. The minimum Gasteiger partial charge on any atom is -0.364 e. The number of Topliss-reactive ketones (excluding diaryl/α,β-unsaturated/α-hetero) is 1. The molecule has 0 saturated carbocycles. The molecule has 0 aromatic carbocycles. The fraction of sp³-hybridized carbons (Fsp3) is 0.615. The van der Waals surface area contributed by atoms with Crippen LogP contribution in [0.15, 0.2) is 0 Å². The average Bonchev–Trinajstić information content (AvgIpc) is 2.57. The minimum absolute atomic E-state index is 0.0443. The van der Waals surface area contributed by atoms with Crippen LogP contribution in [0, 0.1) is 6.92 Å². The average molecular weight is 283 g/mol. The lowest BCUT2D eigenvalue weighted by Crippen LogP contribution is -2.47. The molecule has 1 heterocycles. The first-order valence-electron chi connectivity index (χ1n) is 6.17. The van der Waals surface area contributed by atoms with Crippen molar-refractivity contribution < 1.29 is 9.59 Å². The Morgan fingerprint density at radius 1 is 1.32 bits per heavy atom. The summed E-state index contributed by atoms with van der Waals surface area (Å²) in [6.45, 7) is 10.8. The first-order valence-corrected chi connectivity index (χ1v) is 6.95. The molecule has 0 fully saturated rings. The zero-order chi connectivity index (χ0) is 14.8. The number of aryl methyl sites for hydroxylation is 1. The third-order valence-electron chi connectivity index (χ3n) is 2.45. The number of nitrogens with one attached hydrogen (secondary N) is 2. The molecular formula is C13H21N3O2S. The molecule has 19 heavy (non-hydrogen) atoms. The second-order valence-corrected chi connectivity index (χ2v) is 6.41. The van der Waals surface area contributed by atoms with Crippen molar-refractivity contribution in [3.63, 3.8) is 0 Å². The van der Waals surface area contributed by atoms with E-state index in [-0.39, 0.29) is 17.2 Å². The van der Waals surface area contributed by atoms with E-state index in [1.807, 2.05) is 20.8 Å². The molecule has 0 aliphatic rings. The molecule has 5 nitrogen and oxygen atoms in total. The maximum Gasteiger partial charge on any atom is 0.242 e. The Hall–Kier alpha value is -1.43. The predicted octanol–water partition coefficient (Wildman–Crippen LogP) is 2.37. The summed E-state index contributed by atoms with van der Waals surface area (Å²) in [6.07, 6.45) is 0. The van der Waals surface area contributed by atoms with Crippen molar-refractivity contribution in [2.75, 3.05) is 5.32 Å². The van der Waals surface area contributed by atoms with Gasteiger partial charge in [0.15, 0.2) is 5.78 Å². The molecule has 1 rings (SSSR count). The second-order valence-electron chi connectivity index (χ2n) is 5.63. The highest BCUT2D eigenvalue weighted by Crippen LogP contribution is 2.25. The molecular weight excluding hydrogens is 262 g/mol. The number of hydrogen-bond acceptors (Lipinski definition) is 5. The van der Waals surface area contributed by atoms with Gasteiger partial charge in [-0.05, 0) is 53.1 Å². The van der Waals surface area contributed by atoms with Crippen LogP contribution in [0.2, 0.25) is 0 Å². The summed E-state index contributed by atoms with van der Waals surface area (Å²) in [7, 11) is 0. The molecule has 1 unspecified atom stereocenters. The third kappa shape index (κ3) is 4.31. The SMILES string of the molecule is CC(=O)c1c(C)nsc1NC(C)C(=O)NC(C)(C)C. The topological polar surface area (TPSA) is 71.1 Å². The van der Waals surface area contributed by atoms with Gasteiger partial charge >= 0.3 is 0 Å². The van der Waals surface area contributed by atoms with Gasteiger partial charge < -0.3 is 10.6 Å². The van der Waals surface area contributed by atoms with Gasteiger partial charge in [0.2, 0.25) is 5.91 Å². The number of aromatic nitrogens is 1. The van der Waals surface area contributed by atoms with Crippen LogP contribution in [0.3, 0.4) is 0 Å². The summed E-state index contributed by atoms with van der Waals surface area (Å²) in [5.74, 6) is -0.148. The van der Waals surface area contributed by atoms with E-state index < -0.39 is 6.04 Å². The van der Waals surface area contributed by atoms with E-state index in [1.165, 1.54) is 18.5 Å². The van der Waals surface area contributed by atoms with Crippen LogP contribution in [0.5, 0.6) is 0 Å². The fourth-order valence-electron chi connectivity index (χ4n) is 1.62. The lowest BCUT2D eigenvalue weighted by Gasteiger charge is -2.23. The number of carbonyl (C=O) groups excluding carboxylic acids is 2. The number of rotatable bonds is 4. The van der Waals surface area contributed by atoms with Gasteiger partial charge in [-0.25, -0.2) is 0 Å². The maximum atomic E-state index is 12.0. The Kier molecular flexibility index (Phi) is 4.68. The molecule has 0 aliphatic carbocycles. The zero-order valence-corrected chi connectivity index (χ0v) is 13.1. The van der Waals surface area contributed by atoms with Crippen molar-refractivity contribution in [1.82, 2.24) is 9.69 Å². The van der Waals surface area contributed by atoms with Crippen LogP contribution in [-0.2, 0) is 4.79 Å². The fourth-order valence-corrected chi connectivity index (χ4v) is 2.55. The molecule has 0 aliphatic heterocycles. The summed E-state index contributed by atoms with van der Waals surface area (Å²) in [6, 6.07) is -0.419. The number of nitrogens with zero attached hydrogens (tertiary/aromatic N) is 1. The van der Waals surface area contributed by atoms with E-state index in [2.05, 4.69) is 15.0 Å². The predicted molar refractivity (Wildman–Crippen MR) is 77.8 cm³/mol. The highest BCUT2D eigenvalue weighted by atomic mass is 32.1. The molecule has 0 saturated heterocycles. The van der Waals surface area contributed by atoms with Crippen LogP contribution in [-0.4, -0.2) is 27.6 Å². The number of hydrogen-bond donors (Lipinski definition) is 2. The van der Waals surface area contributed by atoms with Gasteiger partial charge in [-0.1, -0.05) is 0 Å². The van der Waals surface area contributed by atoms with E-state index in [4.69, 9.17) is 0 Å². The Bertz CT molecular complexity index is 489. The maximum absolute atomic E-state index is 12.0. The highest BCUT2D eigenvalue weighted by Gasteiger charge is 2.22. The second kappa shape index (κ2) is 5.69. The van der Waals surface area contributed by atoms with Gasteiger partial charge in [-0.3, -0.25) is 9.59 Å². The molecule has 106 valence electrons. The van der Waals surface area contributed by atoms with Gasteiger partial charge in [0.05, 0.1) is 11.3 Å². The van der Waals surface area contributed by atoms with E-state index in [0.29, 0.717) is 16.3 Å². The van der Waals surface area contributed by atoms with Gasteiger partial charge in [0, 0.05) is 5.54 Å². The third-order valence-corrected chi connectivity index (χ3v) is 3.32. The number of ketones is 1. The number of anilines is 1. The lowest BCUT2D eigenvalue weighted by molar-refractivity contribution is -0.122. The van der Waals surface area contributed by atoms with Crippen molar-refractivity contribution >= 4 is 28.2 Å². The first kappa shape index (κ1) is 15.6. The summed E-state index contributed by atoms with van der Waals surface area (Å²) in [4.78, 5) is 23.5. The molecule has 0 bridgehead atoms. The van der Waals surface area contributed by atoms with Crippen LogP contribution in [0.25, 0.3) is 0 Å². The normalized spacial score (nSPS) is 12.9. The smallest absolute Gasteiger partial charge is 0.242 e. The number of carbonyl (C=O) groups is 2. The van der Waals surface area contributed by atoms with Crippen molar-refractivity contribution in [1.29, 1.82) is 0 Å². The standard InChI is InChI=1S/C13H21N3O2S/c1-7-10(9(3)17)12(19-16-7)14-8(2)11(18)15-13(4,5)6/h8,14H,1-6H3,(H,15,18). The Morgan fingerprint density at radius 2 is 1.89 bits per heavy atom. The van der Waals surface area contributed by atoms with E-state index in [0.717, 1.165) is 0 Å². The minimum atomic E-state index is -0.419. The molecule has 1 amide bonds. The van der Waals surface area contributed by atoms with Crippen molar-refractivity contribution in [2.24, 2.45) is 0 Å². The molecule has 1 atom stereocenters. The Morgan fingerprint density at radius 3 is 2.37 bits per heavy atom. The molecule has 2 N–H and O–H groups in total. The first-order chi connectivity index (χ1) is 8.61. The van der Waals surface area contributed by atoms with E-state index >= 15 is 0 Å². The lowest BCUT2D eigenvalue weighted by atomic mass is 10.1. The molecule has 0 spiro atoms. The van der Waals surface area contributed by atoms with Crippen molar-refractivity contribution in [3.8, 4) is 0 Å². The Balaban J connectivity index is 2.80. The summed E-state index contributed by atoms with van der Waals surface area (Å²) >= 11 is 1.21. The molecule has 1 aromatic rings. The summed E-state index contributed by atoms with van der Waals surface area (Å²) < 4.78 is 4.15.